The van der Waals surface area contributed by atoms with Crippen molar-refractivity contribution in [2.24, 2.45) is 0 Å². The third kappa shape index (κ3) is 60.9. The van der Waals surface area contributed by atoms with E-state index in [4.69, 9.17) is 14.2 Å². The monoisotopic (exact) mass is 1030 g/mol. The first-order valence-electron chi connectivity index (χ1n) is 33.2. The third-order valence-electron chi connectivity index (χ3n) is 15.3. The second kappa shape index (κ2) is 62.7. The van der Waals surface area contributed by atoms with Gasteiger partial charge in [-0.2, -0.15) is 0 Å². The van der Waals surface area contributed by atoms with Gasteiger partial charge in [0.15, 0.2) is 6.10 Å². The van der Waals surface area contributed by atoms with Crippen molar-refractivity contribution < 1.29 is 28.6 Å². The van der Waals surface area contributed by atoms with Crippen molar-refractivity contribution in [2.45, 2.75) is 386 Å². The number of esters is 3. The molecule has 0 amide bonds. The molecule has 6 heteroatoms. The molecule has 1 unspecified atom stereocenters. The average Bonchev–Trinajstić information content (AvgIpc) is 3.39. The molecule has 0 spiro atoms. The van der Waals surface area contributed by atoms with Crippen LogP contribution in [0.4, 0.5) is 0 Å². The minimum atomic E-state index is -0.768. The van der Waals surface area contributed by atoms with Gasteiger partial charge in [0, 0.05) is 19.3 Å². The van der Waals surface area contributed by atoms with Gasteiger partial charge in [-0.3, -0.25) is 14.4 Å². The Bertz CT molecular complexity index is 1130. The predicted molar refractivity (Wildman–Crippen MR) is 317 cm³/mol. The summed E-state index contributed by atoms with van der Waals surface area (Å²) in [5.41, 5.74) is 0. The summed E-state index contributed by atoms with van der Waals surface area (Å²) in [5, 5.41) is 0. The van der Waals surface area contributed by atoms with E-state index in [1.54, 1.807) is 0 Å². The summed E-state index contributed by atoms with van der Waals surface area (Å²) >= 11 is 0. The van der Waals surface area contributed by atoms with Gasteiger partial charge >= 0.3 is 17.9 Å². The zero-order valence-corrected chi connectivity index (χ0v) is 49.7. The summed E-state index contributed by atoms with van der Waals surface area (Å²) < 4.78 is 16.8. The molecule has 0 saturated heterocycles. The quantitative estimate of drug-likeness (QED) is 0.0261. The van der Waals surface area contributed by atoms with Crippen molar-refractivity contribution in [1.29, 1.82) is 0 Å². The normalized spacial score (nSPS) is 12.0. The van der Waals surface area contributed by atoms with Gasteiger partial charge in [0.2, 0.25) is 0 Å². The van der Waals surface area contributed by atoms with Gasteiger partial charge in [0.05, 0.1) is 0 Å². The Morgan fingerprint density at radius 1 is 0.260 bits per heavy atom. The van der Waals surface area contributed by atoms with E-state index in [1.165, 1.54) is 276 Å². The van der Waals surface area contributed by atoms with E-state index >= 15 is 0 Å². The van der Waals surface area contributed by atoms with Gasteiger partial charge in [-0.1, -0.05) is 328 Å². The van der Waals surface area contributed by atoms with Crippen molar-refractivity contribution in [3.8, 4) is 0 Å². The number of hydrogen-bond acceptors (Lipinski definition) is 6. The highest BCUT2D eigenvalue weighted by molar-refractivity contribution is 5.71. The number of carbonyl (C=O) groups excluding carboxylic acids is 3. The molecule has 6 nitrogen and oxygen atoms in total. The Balaban J connectivity index is 3.96. The molecule has 0 saturated carbocycles. The topological polar surface area (TPSA) is 78.9 Å². The number of ether oxygens (including phenoxy) is 3. The molecule has 0 radical (unpaired) electrons. The molecule has 0 N–H and O–H groups in total. The Morgan fingerprint density at radius 3 is 0.685 bits per heavy atom. The number of allylic oxidation sites excluding steroid dienone is 2. The van der Waals surface area contributed by atoms with Crippen molar-refractivity contribution in [3.05, 3.63) is 12.2 Å². The SMILES string of the molecule is CCCCCCCC/C=C\CCCCCCCC(=O)OC(COC(=O)CCCCCCCCCC)COC(=O)CCCCCCCCCCCCCCCCCCCCCCCCCCCCCCCCCC. The minimum Gasteiger partial charge on any atom is -0.462 e. The maximum atomic E-state index is 12.8. The van der Waals surface area contributed by atoms with Crippen LogP contribution >= 0.6 is 0 Å². The number of hydrogen-bond donors (Lipinski definition) is 0. The van der Waals surface area contributed by atoms with Crippen molar-refractivity contribution in [3.63, 3.8) is 0 Å². The van der Waals surface area contributed by atoms with Crippen LogP contribution in [0.5, 0.6) is 0 Å². The van der Waals surface area contributed by atoms with Crippen LogP contribution in [0.2, 0.25) is 0 Å². The molecular weight excluding hydrogens is 901 g/mol. The van der Waals surface area contributed by atoms with E-state index in [2.05, 4.69) is 32.9 Å². The lowest BCUT2D eigenvalue weighted by atomic mass is 10.0. The molecule has 0 aromatic rings. The van der Waals surface area contributed by atoms with Crippen LogP contribution in [0.1, 0.15) is 380 Å². The van der Waals surface area contributed by atoms with Gasteiger partial charge in [-0.05, 0) is 44.9 Å². The van der Waals surface area contributed by atoms with Crippen LogP contribution in [0, 0.1) is 0 Å². The second-order valence-electron chi connectivity index (χ2n) is 22.7. The Morgan fingerprint density at radius 2 is 0.452 bits per heavy atom. The van der Waals surface area contributed by atoms with Gasteiger partial charge < -0.3 is 14.2 Å². The van der Waals surface area contributed by atoms with E-state index in [9.17, 15) is 14.4 Å². The summed E-state index contributed by atoms with van der Waals surface area (Å²) in [5.74, 6) is -0.856. The second-order valence-corrected chi connectivity index (χ2v) is 22.7. The lowest BCUT2D eigenvalue weighted by molar-refractivity contribution is -0.167. The first-order chi connectivity index (χ1) is 36.0. The molecule has 0 aromatic carbocycles. The molecule has 1 atom stereocenters. The summed E-state index contributed by atoms with van der Waals surface area (Å²) in [4.78, 5) is 38.1. The predicted octanol–water partition coefficient (Wildman–Crippen LogP) is 22.4. The highest BCUT2D eigenvalue weighted by atomic mass is 16.6. The van der Waals surface area contributed by atoms with Crippen LogP contribution in [-0.2, 0) is 28.6 Å². The Kier molecular flexibility index (Phi) is 61.1. The first kappa shape index (κ1) is 71.2. The molecule has 0 fully saturated rings. The van der Waals surface area contributed by atoms with Crippen LogP contribution in [0.25, 0.3) is 0 Å². The summed E-state index contributed by atoms with van der Waals surface area (Å²) in [6.45, 7) is 6.66. The maximum Gasteiger partial charge on any atom is 0.306 e. The third-order valence-corrected chi connectivity index (χ3v) is 15.3. The average molecular weight is 1030 g/mol. The minimum absolute atomic E-state index is 0.0678. The molecule has 0 bridgehead atoms. The Labute approximate surface area is 456 Å². The van der Waals surface area contributed by atoms with E-state index in [-0.39, 0.29) is 31.1 Å². The molecule has 432 valence electrons. The van der Waals surface area contributed by atoms with E-state index in [0.29, 0.717) is 19.3 Å². The fourth-order valence-corrected chi connectivity index (χ4v) is 10.3. The lowest BCUT2D eigenvalue weighted by Crippen LogP contribution is -2.30. The molecule has 0 aliphatic heterocycles. The van der Waals surface area contributed by atoms with Crippen LogP contribution < -0.4 is 0 Å². The highest BCUT2D eigenvalue weighted by Crippen LogP contribution is 2.19. The largest absolute Gasteiger partial charge is 0.462 e. The number of rotatable bonds is 62. The van der Waals surface area contributed by atoms with Gasteiger partial charge in [-0.25, -0.2) is 0 Å². The summed E-state index contributed by atoms with van der Waals surface area (Å²) in [7, 11) is 0. The number of carbonyl (C=O) groups is 3. The molecule has 0 heterocycles. The number of unbranched alkanes of at least 4 members (excludes halogenated alkanes) is 49. The summed E-state index contributed by atoms with van der Waals surface area (Å²) in [6.07, 6.45) is 74.1. The maximum absolute atomic E-state index is 12.8. The van der Waals surface area contributed by atoms with Gasteiger partial charge in [-0.15, -0.1) is 0 Å². The van der Waals surface area contributed by atoms with Gasteiger partial charge in [0.25, 0.3) is 0 Å². The van der Waals surface area contributed by atoms with Crippen molar-refractivity contribution in [1.82, 2.24) is 0 Å². The summed E-state index contributed by atoms with van der Waals surface area (Å²) in [6, 6.07) is 0. The van der Waals surface area contributed by atoms with E-state index in [0.717, 1.165) is 64.2 Å². The zero-order valence-electron chi connectivity index (χ0n) is 49.7. The van der Waals surface area contributed by atoms with E-state index in [1.807, 2.05) is 0 Å². The molecule has 73 heavy (non-hydrogen) atoms. The van der Waals surface area contributed by atoms with Crippen molar-refractivity contribution in [2.75, 3.05) is 13.2 Å². The smallest absolute Gasteiger partial charge is 0.306 e. The highest BCUT2D eigenvalue weighted by Gasteiger charge is 2.19. The Hall–Kier alpha value is -1.85. The zero-order chi connectivity index (χ0) is 52.9. The fourth-order valence-electron chi connectivity index (χ4n) is 10.3. The molecule has 0 rings (SSSR count). The van der Waals surface area contributed by atoms with Crippen LogP contribution in [0.15, 0.2) is 12.2 Å². The van der Waals surface area contributed by atoms with Gasteiger partial charge in [0.1, 0.15) is 13.2 Å². The standard InChI is InChI=1S/C67H128O6/c1-4-7-10-13-16-19-21-23-25-26-27-28-29-30-31-32-33-34-35-36-37-38-39-40-41-43-44-46-48-51-54-57-60-66(69)72-63-64(62-71-65(68)59-56-53-50-18-15-12-9-6-3)73-67(70)61-58-55-52-49-47-45-42-24-22-20-17-14-11-8-5-2/h24,42,64H,4-23,25-41,43-63H2,1-3H3/b42-24-. The van der Waals surface area contributed by atoms with Crippen molar-refractivity contribution >= 4 is 17.9 Å². The molecule has 0 aromatic heterocycles. The van der Waals surface area contributed by atoms with Crippen LogP contribution in [0.3, 0.4) is 0 Å². The molecular formula is C67H128O6. The van der Waals surface area contributed by atoms with Crippen LogP contribution in [-0.4, -0.2) is 37.2 Å². The fraction of sp³-hybridized carbons (Fsp3) is 0.925. The first-order valence-corrected chi connectivity index (χ1v) is 33.2. The van der Waals surface area contributed by atoms with E-state index < -0.39 is 6.10 Å². The molecule has 0 aliphatic carbocycles. The lowest BCUT2D eigenvalue weighted by Gasteiger charge is -2.18. The molecule has 0 aliphatic rings.